The fourth-order valence-corrected chi connectivity index (χ4v) is 4.76. The van der Waals surface area contributed by atoms with E-state index in [2.05, 4.69) is 65.6 Å². The van der Waals surface area contributed by atoms with Crippen molar-refractivity contribution in [3.05, 3.63) is 104 Å². The normalized spacial score (nSPS) is 12.0. The molecule has 4 aromatic rings. The van der Waals surface area contributed by atoms with E-state index in [-0.39, 0.29) is 11.6 Å². The second kappa shape index (κ2) is 9.67. The van der Waals surface area contributed by atoms with Gasteiger partial charge in [0.25, 0.3) is 5.56 Å². The molecule has 0 radical (unpaired) electrons. The molecule has 0 spiro atoms. The van der Waals surface area contributed by atoms with Gasteiger partial charge in [0.2, 0.25) is 0 Å². The van der Waals surface area contributed by atoms with Gasteiger partial charge in [-0.3, -0.25) is 4.79 Å². The van der Waals surface area contributed by atoms with Gasteiger partial charge in [-0.15, -0.1) is 11.3 Å². The number of aromatic nitrogens is 1. The molecule has 0 aliphatic heterocycles. The summed E-state index contributed by atoms with van der Waals surface area (Å²) in [6.07, 6.45) is 0. The number of thiophene rings is 1. The van der Waals surface area contributed by atoms with E-state index in [4.69, 9.17) is 12.2 Å². The maximum absolute atomic E-state index is 12.9. The van der Waals surface area contributed by atoms with Crippen LogP contribution in [0.3, 0.4) is 0 Å². The van der Waals surface area contributed by atoms with Crippen LogP contribution in [-0.4, -0.2) is 15.0 Å². The lowest BCUT2D eigenvalue weighted by molar-refractivity contribution is 0.395. The average Bonchev–Trinajstić information content (AvgIpc) is 3.29. The van der Waals surface area contributed by atoms with Crippen molar-refractivity contribution in [3.8, 4) is 0 Å². The zero-order valence-corrected chi connectivity index (χ0v) is 20.1. The van der Waals surface area contributed by atoms with Crippen LogP contribution in [0.1, 0.15) is 40.1 Å². The number of nitrogens with one attached hydrogen (secondary N) is 2. The Bertz CT molecular complexity index is 1280. The SMILES string of the molecule is Cc1cc2cc(CN(Cc3cccs3)C(=S)NC(C)c3ccccc3)c(=O)[nH]c2cc1C. The van der Waals surface area contributed by atoms with Crippen molar-refractivity contribution in [2.24, 2.45) is 0 Å². The Balaban J connectivity index is 1.62. The van der Waals surface area contributed by atoms with Crippen LogP contribution in [0.2, 0.25) is 0 Å². The molecule has 1 unspecified atom stereocenters. The number of hydrogen-bond acceptors (Lipinski definition) is 3. The third-order valence-electron chi connectivity index (χ3n) is 5.75. The van der Waals surface area contributed by atoms with Gasteiger partial charge in [0, 0.05) is 16.0 Å². The summed E-state index contributed by atoms with van der Waals surface area (Å²) in [7, 11) is 0. The number of aryl methyl sites for hydroxylation is 2. The third kappa shape index (κ3) is 5.09. The monoisotopic (exact) mass is 461 g/mol. The van der Waals surface area contributed by atoms with Gasteiger partial charge in [-0.05, 0) is 84.7 Å². The van der Waals surface area contributed by atoms with Gasteiger partial charge in [0.05, 0.1) is 19.1 Å². The highest BCUT2D eigenvalue weighted by Crippen LogP contribution is 2.20. The van der Waals surface area contributed by atoms with Crippen LogP contribution in [0.5, 0.6) is 0 Å². The molecule has 0 fully saturated rings. The third-order valence-corrected chi connectivity index (χ3v) is 6.99. The molecule has 0 aliphatic rings. The molecule has 4 rings (SSSR count). The lowest BCUT2D eigenvalue weighted by Crippen LogP contribution is -2.40. The largest absolute Gasteiger partial charge is 0.356 e. The first-order chi connectivity index (χ1) is 15.4. The smallest absolute Gasteiger partial charge is 0.253 e. The first-order valence-corrected chi connectivity index (χ1v) is 12.0. The first-order valence-electron chi connectivity index (χ1n) is 10.7. The van der Waals surface area contributed by atoms with E-state index < -0.39 is 0 Å². The van der Waals surface area contributed by atoms with Crippen molar-refractivity contribution in [1.82, 2.24) is 15.2 Å². The maximum Gasteiger partial charge on any atom is 0.253 e. The quantitative estimate of drug-likeness (QED) is 0.354. The van der Waals surface area contributed by atoms with Crippen molar-refractivity contribution in [2.75, 3.05) is 0 Å². The molecule has 4 nitrogen and oxygen atoms in total. The van der Waals surface area contributed by atoms with Gasteiger partial charge in [0.15, 0.2) is 5.11 Å². The summed E-state index contributed by atoms with van der Waals surface area (Å²) >= 11 is 7.50. The van der Waals surface area contributed by atoms with E-state index >= 15 is 0 Å². The van der Waals surface area contributed by atoms with Crippen LogP contribution >= 0.6 is 23.6 Å². The number of rotatable bonds is 6. The molecule has 32 heavy (non-hydrogen) atoms. The Hall–Kier alpha value is -2.96. The molecule has 2 heterocycles. The van der Waals surface area contributed by atoms with Crippen molar-refractivity contribution in [2.45, 2.75) is 39.9 Å². The molecule has 1 atom stereocenters. The fraction of sp³-hybridized carbons (Fsp3) is 0.231. The van der Waals surface area contributed by atoms with Gasteiger partial charge in [-0.2, -0.15) is 0 Å². The lowest BCUT2D eigenvalue weighted by atomic mass is 10.0. The molecule has 0 bridgehead atoms. The standard InChI is InChI=1S/C26H27N3OS2/c1-17-12-21-14-22(25(30)28-24(21)13-18(17)2)15-29(16-23-10-7-11-32-23)26(31)27-19(3)20-8-5-4-6-9-20/h4-14,19H,15-16H2,1-3H3,(H,27,31)(H,28,30). The van der Waals surface area contributed by atoms with E-state index in [0.29, 0.717) is 23.8 Å². The molecular weight excluding hydrogens is 434 g/mol. The number of pyridine rings is 1. The fourth-order valence-electron chi connectivity index (χ4n) is 3.74. The van der Waals surface area contributed by atoms with E-state index in [0.717, 1.165) is 10.9 Å². The van der Waals surface area contributed by atoms with Gasteiger partial charge in [-0.1, -0.05) is 36.4 Å². The number of aromatic amines is 1. The number of nitrogens with zero attached hydrogens (tertiary/aromatic N) is 1. The molecule has 0 aliphatic carbocycles. The summed E-state index contributed by atoms with van der Waals surface area (Å²) in [5, 5.41) is 7.18. The van der Waals surface area contributed by atoms with Crippen molar-refractivity contribution in [3.63, 3.8) is 0 Å². The van der Waals surface area contributed by atoms with Crippen LogP contribution in [-0.2, 0) is 13.1 Å². The van der Waals surface area contributed by atoms with Gasteiger partial charge in [-0.25, -0.2) is 0 Å². The van der Waals surface area contributed by atoms with Gasteiger partial charge < -0.3 is 15.2 Å². The minimum Gasteiger partial charge on any atom is -0.356 e. The lowest BCUT2D eigenvalue weighted by Gasteiger charge is -2.28. The summed E-state index contributed by atoms with van der Waals surface area (Å²) < 4.78 is 0. The molecule has 164 valence electrons. The number of H-pyrrole nitrogens is 1. The van der Waals surface area contributed by atoms with Crippen LogP contribution in [0.4, 0.5) is 0 Å². The zero-order valence-electron chi connectivity index (χ0n) is 18.5. The molecule has 2 aromatic heterocycles. The zero-order chi connectivity index (χ0) is 22.7. The van der Waals surface area contributed by atoms with Crippen LogP contribution < -0.4 is 10.9 Å². The maximum atomic E-state index is 12.9. The molecule has 2 N–H and O–H groups in total. The highest BCUT2D eigenvalue weighted by atomic mass is 32.1. The second-order valence-electron chi connectivity index (χ2n) is 8.16. The Morgan fingerprint density at radius 3 is 2.53 bits per heavy atom. The summed E-state index contributed by atoms with van der Waals surface area (Å²) in [6, 6.07) is 20.6. The number of benzene rings is 2. The van der Waals surface area contributed by atoms with Crippen molar-refractivity contribution >= 4 is 39.6 Å². The van der Waals surface area contributed by atoms with E-state index in [1.807, 2.05) is 36.4 Å². The summed E-state index contributed by atoms with van der Waals surface area (Å²) in [5.41, 5.74) is 5.04. The Morgan fingerprint density at radius 2 is 1.81 bits per heavy atom. The van der Waals surface area contributed by atoms with Crippen molar-refractivity contribution < 1.29 is 0 Å². The highest BCUT2D eigenvalue weighted by Gasteiger charge is 2.17. The molecule has 0 saturated carbocycles. The Kier molecular flexibility index (Phi) is 6.72. The van der Waals surface area contributed by atoms with Crippen molar-refractivity contribution in [1.29, 1.82) is 0 Å². The van der Waals surface area contributed by atoms with Gasteiger partial charge in [0.1, 0.15) is 0 Å². The second-order valence-corrected chi connectivity index (χ2v) is 9.58. The minimum atomic E-state index is -0.0733. The molecule has 6 heteroatoms. The Labute approximate surface area is 197 Å². The number of thiocarbonyl (C=S) groups is 1. The Morgan fingerprint density at radius 1 is 1.06 bits per heavy atom. The number of fused-ring (bicyclic) bond motifs is 1. The van der Waals surface area contributed by atoms with E-state index in [1.54, 1.807) is 11.3 Å². The van der Waals surface area contributed by atoms with Gasteiger partial charge >= 0.3 is 0 Å². The predicted octanol–water partition coefficient (Wildman–Crippen LogP) is 5.84. The average molecular weight is 462 g/mol. The first kappa shape index (κ1) is 22.2. The molecule has 0 saturated heterocycles. The topological polar surface area (TPSA) is 48.1 Å². The molecular formula is C26H27N3OS2. The van der Waals surface area contributed by atoms with Crippen LogP contribution in [0.15, 0.2) is 70.8 Å². The molecule has 0 amide bonds. The van der Waals surface area contributed by atoms with E-state index in [9.17, 15) is 4.79 Å². The minimum absolute atomic E-state index is 0.0649. The van der Waals surface area contributed by atoms with E-state index in [1.165, 1.54) is 21.6 Å². The summed E-state index contributed by atoms with van der Waals surface area (Å²) in [6.45, 7) is 7.33. The predicted molar refractivity (Wildman–Crippen MR) is 138 cm³/mol. The summed E-state index contributed by atoms with van der Waals surface area (Å²) in [5.74, 6) is 0. The molecule has 2 aromatic carbocycles. The van der Waals surface area contributed by atoms with Crippen LogP contribution in [0, 0.1) is 13.8 Å². The summed E-state index contributed by atoms with van der Waals surface area (Å²) in [4.78, 5) is 19.2. The highest BCUT2D eigenvalue weighted by molar-refractivity contribution is 7.80. The number of hydrogen-bond donors (Lipinski definition) is 2. The van der Waals surface area contributed by atoms with Crippen LogP contribution in [0.25, 0.3) is 10.9 Å².